The molecule has 1 heterocycles. The number of nitrogens with zero attached hydrogens (tertiary/aromatic N) is 3. The van der Waals surface area contributed by atoms with Crippen molar-refractivity contribution in [3.63, 3.8) is 0 Å². The molecule has 2 aromatic rings. The number of nitrogens with one attached hydrogen (secondary N) is 1. The van der Waals surface area contributed by atoms with Crippen LogP contribution in [0.3, 0.4) is 0 Å². The molecule has 0 bridgehead atoms. The summed E-state index contributed by atoms with van der Waals surface area (Å²) in [6.07, 6.45) is -0.545. The van der Waals surface area contributed by atoms with Crippen LogP contribution in [0, 0.1) is 0 Å². The summed E-state index contributed by atoms with van der Waals surface area (Å²) in [5, 5.41) is 16.0. The van der Waals surface area contributed by atoms with Gasteiger partial charge in [0.2, 0.25) is 5.89 Å². The summed E-state index contributed by atoms with van der Waals surface area (Å²) in [4.78, 5) is 18.4. The molecule has 0 saturated heterocycles. The zero-order chi connectivity index (χ0) is 20.2. The Labute approximate surface area is 159 Å². The quantitative estimate of drug-likeness (QED) is 0.799. The highest BCUT2D eigenvalue weighted by molar-refractivity contribution is 5.68. The van der Waals surface area contributed by atoms with E-state index in [0.717, 1.165) is 11.3 Å². The van der Waals surface area contributed by atoms with Gasteiger partial charge in [0.25, 0.3) is 0 Å². The average Bonchev–Trinajstić information content (AvgIpc) is 3.02. The second-order valence-corrected chi connectivity index (χ2v) is 7.95. The van der Waals surface area contributed by atoms with Crippen LogP contribution in [-0.4, -0.2) is 34.0 Å². The van der Waals surface area contributed by atoms with Gasteiger partial charge in [-0.3, -0.25) is 0 Å². The third-order valence-corrected chi connectivity index (χ3v) is 3.75. The minimum atomic E-state index is -0.848. The Morgan fingerprint density at radius 2 is 2.00 bits per heavy atom. The Hall–Kier alpha value is -2.61. The Balaban J connectivity index is 2.05. The number of anilines is 1. The third-order valence-electron chi connectivity index (χ3n) is 3.75. The highest BCUT2D eigenvalue weighted by Crippen LogP contribution is 2.20. The van der Waals surface area contributed by atoms with Gasteiger partial charge in [-0.2, -0.15) is 4.98 Å². The largest absolute Gasteiger partial charge is 0.444 e. The fourth-order valence-electron chi connectivity index (χ4n) is 2.37. The molecule has 0 spiro atoms. The zero-order valence-corrected chi connectivity index (χ0v) is 16.7. The first kappa shape index (κ1) is 20.7. The van der Waals surface area contributed by atoms with Gasteiger partial charge in [-0.15, -0.1) is 0 Å². The van der Waals surface area contributed by atoms with E-state index < -0.39 is 17.2 Å². The van der Waals surface area contributed by atoms with Crippen LogP contribution in [0.1, 0.15) is 51.9 Å². The summed E-state index contributed by atoms with van der Waals surface area (Å²) in [5.41, 5.74) is 0.314. The number of aliphatic hydroxyl groups is 1. The van der Waals surface area contributed by atoms with Crippen molar-refractivity contribution in [2.75, 3.05) is 11.9 Å². The Morgan fingerprint density at radius 1 is 1.30 bits per heavy atom. The molecule has 27 heavy (non-hydrogen) atoms. The van der Waals surface area contributed by atoms with Gasteiger partial charge in [0.1, 0.15) is 11.1 Å². The number of amides is 1. The predicted molar refractivity (Wildman–Crippen MR) is 101 cm³/mol. The first-order chi connectivity index (χ1) is 12.5. The minimum absolute atomic E-state index is 0.0170. The molecule has 1 amide bonds. The third kappa shape index (κ3) is 5.96. The number of hydrogen-bond acceptors (Lipinski definition) is 7. The van der Waals surface area contributed by atoms with Crippen molar-refractivity contribution in [1.29, 1.82) is 0 Å². The standard InChI is InChI=1S/C19H28N4O4/c1-18(2,3)26-17(25)21-19(4,5)16-20-15(27-22-16)11-23(6)14-9-7-8-13(10-14)12-24/h7-10,24H,11-12H2,1-6H3,(H,21,25). The summed E-state index contributed by atoms with van der Waals surface area (Å²) in [7, 11) is 1.89. The van der Waals surface area contributed by atoms with E-state index in [1.807, 2.05) is 36.2 Å². The second kappa shape index (κ2) is 7.96. The van der Waals surface area contributed by atoms with Crippen LogP contribution in [0.4, 0.5) is 10.5 Å². The van der Waals surface area contributed by atoms with E-state index in [0.29, 0.717) is 18.3 Å². The molecule has 0 saturated carbocycles. The van der Waals surface area contributed by atoms with Crippen molar-refractivity contribution in [3.8, 4) is 0 Å². The number of aliphatic hydroxyl groups excluding tert-OH is 1. The van der Waals surface area contributed by atoms with Crippen molar-refractivity contribution in [3.05, 3.63) is 41.5 Å². The van der Waals surface area contributed by atoms with Crippen LogP contribution < -0.4 is 10.2 Å². The first-order valence-corrected chi connectivity index (χ1v) is 8.75. The summed E-state index contributed by atoms with van der Waals surface area (Å²) in [5.74, 6) is 0.779. The molecule has 8 heteroatoms. The van der Waals surface area contributed by atoms with Gasteiger partial charge in [-0.05, 0) is 52.3 Å². The summed E-state index contributed by atoms with van der Waals surface area (Å²) < 4.78 is 10.6. The van der Waals surface area contributed by atoms with Crippen LogP contribution >= 0.6 is 0 Å². The molecule has 0 unspecified atom stereocenters. The maximum atomic E-state index is 12.0. The lowest BCUT2D eigenvalue weighted by Gasteiger charge is -2.26. The van der Waals surface area contributed by atoms with Gasteiger partial charge < -0.3 is 24.6 Å². The summed E-state index contributed by atoms with van der Waals surface area (Å²) in [6, 6.07) is 7.56. The molecule has 0 aliphatic carbocycles. The van der Waals surface area contributed by atoms with Crippen molar-refractivity contribution in [1.82, 2.24) is 15.5 Å². The van der Waals surface area contributed by atoms with Crippen LogP contribution in [0.25, 0.3) is 0 Å². The van der Waals surface area contributed by atoms with E-state index in [2.05, 4.69) is 15.5 Å². The number of aromatic nitrogens is 2. The lowest BCUT2D eigenvalue weighted by Crippen LogP contribution is -2.44. The predicted octanol–water partition coefficient (Wildman–Crippen LogP) is 2.96. The van der Waals surface area contributed by atoms with E-state index in [9.17, 15) is 9.90 Å². The molecular weight excluding hydrogens is 348 g/mol. The monoisotopic (exact) mass is 376 g/mol. The molecule has 0 aliphatic heterocycles. The molecule has 0 atom stereocenters. The first-order valence-electron chi connectivity index (χ1n) is 8.75. The fraction of sp³-hybridized carbons (Fsp3) is 0.526. The number of carbonyl (C=O) groups excluding carboxylic acids is 1. The molecule has 1 aromatic carbocycles. The van der Waals surface area contributed by atoms with E-state index in [4.69, 9.17) is 9.26 Å². The maximum Gasteiger partial charge on any atom is 0.408 e. The molecular formula is C19H28N4O4. The zero-order valence-electron chi connectivity index (χ0n) is 16.7. The van der Waals surface area contributed by atoms with Crippen molar-refractivity contribution in [2.24, 2.45) is 0 Å². The lowest BCUT2D eigenvalue weighted by atomic mass is 10.1. The smallest absolute Gasteiger partial charge is 0.408 e. The second-order valence-electron chi connectivity index (χ2n) is 7.95. The van der Waals surface area contributed by atoms with Gasteiger partial charge in [-0.1, -0.05) is 17.3 Å². The molecule has 148 valence electrons. The SMILES string of the molecule is CN(Cc1nc(C(C)(C)NC(=O)OC(C)(C)C)no1)c1cccc(CO)c1. The Kier molecular flexibility index (Phi) is 6.10. The normalized spacial score (nSPS) is 12.0. The van der Waals surface area contributed by atoms with Gasteiger partial charge in [0, 0.05) is 12.7 Å². The number of alkyl carbamates (subject to hydrolysis) is 1. The van der Waals surface area contributed by atoms with E-state index in [1.165, 1.54) is 0 Å². The molecule has 8 nitrogen and oxygen atoms in total. The molecule has 1 aromatic heterocycles. The Morgan fingerprint density at radius 3 is 2.63 bits per heavy atom. The number of benzene rings is 1. The van der Waals surface area contributed by atoms with Gasteiger partial charge in [0.05, 0.1) is 13.2 Å². The lowest BCUT2D eigenvalue weighted by molar-refractivity contribution is 0.0465. The van der Waals surface area contributed by atoms with Crippen LogP contribution in [-0.2, 0) is 23.4 Å². The Bertz CT molecular complexity index is 780. The number of ether oxygens (including phenoxy) is 1. The average molecular weight is 376 g/mol. The van der Waals surface area contributed by atoms with E-state index in [-0.39, 0.29) is 6.61 Å². The summed E-state index contributed by atoms with van der Waals surface area (Å²) in [6.45, 7) is 9.33. The highest BCUT2D eigenvalue weighted by atomic mass is 16.6. The van der Waals surface area contributed by atoms with Crippen LogP contribution in [0.15, 0.2) is 28.8 Å². The van der Waals surface area contributed by atoms with Crippen LogP contribution in [0.5, 0.6) is 0 Å². The van der Waals surface area contributed by atoms with Crippen molar-refractivity contribution in [2.45, 2.75) is 58.9 Å². The molecule has 2 N–H and O–H groups in total. The number of carbonyl (C=O) groups is 1. The molecule has 2 rings (SSSR count). The summed E-state index contributed by atoms with van der Waals surface area (Å²) >= 11 is 0. The number of rotatable bonds is 6. The van der Waals surface area contributed by atoms with Crippen molar-refractivity contribution >= 4 is 11.8 Å². The maximum absolute atomic E-state index is 12.0. The molecule has 0 aliphatic rings. The van der Waals surface area contributed by atoms with Gasteiger partial charge in [0.15, 0.2) is 5.82 Å². The number of hydrogen-bond donors (Lipinski definition) is 2. The topological polar surface area (TPSA) is 101 Å². The van der Waals surface area contributed by atoms with Gasteiger partial charge in [-0.25, -0.2) is 4.79 Å². The fourth-order valence-corrected chi connectivity index (χ4v) is 2.37. The molecule has 0 radical (unpaired) electrons. The van der Waals surface area contributed by atoms with E-state index >= 15 is 0 Å². The van der Waals surface area contributed by atoms with Crippen LogP contribution in [0.2, 0.25) is 0 Å². The van der Waals surface area contributed by atoms with Crippen molar-refractivity contribution < 1.29 is 19.2 Å². The molecule has 0 fully saturated rings. The minimum Gasteiger partial charge on any atom is -0.444 e. The highest BCUT2D eigenvalue weighted by Gasteiger charge is 2.31. The van der Waals surface area contributed by atoms with E-state index in [1.54, 1.807) is 34.6 Å². The van der Waals surface area contributed by atoms with Gasteiger partial charge >= 0.3 is 6.09 Å².